The molecule has 3 rings (SSSR count). The lowest BCUT2D eigenvalue weighted by molar-refractivity contribution is 0.600. The Kier molecular flexibility index (Phi) is 4.55. The maximum atomic E-state index is 13.2. The molecule has 1 unspecified atom stereocenters. The van der Waals surface area contributed by atoms with E-state index in [0.717, 1.165) is 0 Å². The van der Waals surface area contributed by atoms with E-state index in [-0.39, 0.29) is 28.5 Å². The van der Waals surface area contributed by atoms with E-state index >= 15 is 0 Å². The maximum Gasteiger partial charge on any atom is 0.249 e. The molecule has 0 radical (unpaired) electrons. The zero-order valence-electron chi connectivity index (χ0n) is 12.8. The fourth-order valence-electron chi connectivity index (χ4n) is 2.49. The van der Waals surface area contributed by atoms with E-state index in [1.54, 1.807) is 11.9 Å². The summed E-state index contributed by atoms with van der Waals surface area (Å²) in [5.41, 5.74) is 0.520. The highest BCUT2D eigenvalue weighted by Crippen LogP contribution is 2.23. The first-order valence-electron chi connectivity index (χ1n) is 7.19. The molecule has 7 nitrogen and oxygen atoms in total. The van der Waals surface area contributed by atoms with Crippen LogP contribution in [-0.2, 0) is 9.84 Å². The Morgan fingerprint density at radius 2 is 2.21 bits per heavy atom. The Balaban J connectivity index is 1.77. The van der Waals surface area contributed by atoms with Crippen LogP contribution in [0.3, 0.4) is 0 Å². The third-order valence-electron chi connectivity index (χ3n) is 3.84. The number of halogens is 2. The van der Waals surface area contributed by atoms with Gasteiger partial charge >= 0.3 is 0 Å². The quantitative estimate of drug-likeness (QED) is 0.879. The van der Waals surface area contributed by atoms with Gasteiger partial charge in [0.15, 0.2) is 15.7 Å². The molecule has 0 spiro atoms. The summed E-state index contributed by atoms with van der Waals surface area (Å²) in [6.07, 6.45) is 2.02. The van der Waals surface area contributed by atoms with Crippen molar-refractivity contribution in [2.45, 2.75) is 12.5 Å². The van der Waals surface area contributed by atoms with Crippen molar-refractivity contribution in [3.05, 3.63) is 35.2 Å². The zero-order chi connectivity index (χ0) is 17.3. The number of nitrogens with zero attached hydrogens (tertiary/aromatic N) is 4. The van der Waals surface area contributed by atoms with Crippen LogP contribution in [0.15, 0.2) is 24.4 Å². The molecule has 0 saturated carbocycles. The molecule has 1 N–H and O–H groups in total. The first-order chi connectivity index (χ1) is 11.3. The van der Waals surface area contributed by atoms with Crippen LogP contribution in [0.2, 0.25) is 5.02 Å². The Labute approximate surface area is 143 Å². The Morgan fingerprint density at radius 1 is 1.42 bits per heavy atom. The first-order valence-corrected chi connectivity index (χ1v) is 9.39. The molecule has 1 saturated heterocycles. The minimum absolute atomic E-state index is 0.0163. The topological polar surface area (TPSA) is 88.1 Å². The SMILES string of the molecule is CN(c1cnnc(Nc2ccc(F)c(Cl)c2)n1)C1CCS(=O)(=O)C1. The van der Waals surface area contributed by atoms with E-state index in [1.165, 1.54) is 24.4 Å². The van der Waals surface area contributed by atoms with Gasteiger partial charge in [-0.25, -0.2) is 12.8 Å². The second-order valence-corrected chi connectivity index (χ2v) is 8.20. The van der Waals surface area contributed by atoms with E-state index in [2.05, 4.69) is 20.5 Å². The molecule has 0 amide bonds. The molecule has 1 aromatic heterocycles. The maximum absolute atomic E-state index is 13.2. The first kappa shape index (κ1) is 16.8. The number of hydrogen-bond acceptors (Lipinski definition) is 7. The van der Waals surface area contributed by atoms with Gasteiger partial charge in [-0.3, -0.25) is 0 Å². The standard InChI is InChI=1S/C14H15ClFN5O2S/c1-21(10-4-5-24(22,23)8-10)13-7-17-20-14(19-13)18-9-2-3-12(16)11(15)6-9/h2-3,6-7,10H,4-5,8H2,1H3,(H,18,19,20). The van der Waals surface area contributed by atoms with E-state index in [9.17, 15) is 12.8 Å². The Bertz CT molecular complexity index is 864. The van der Waals surface area contributed by atoms with Crippen LogP contribution < -0.4 is 10.2 Å². The summed E-state index contributed by atoms with van der Waals surface area (Å²) in [7, 11) is -1.22. The van der Waals surface area contributed by atoms with Crippen molar-refractivity contribution < 1.29 is 12.8 Å². The molecule has 2 aromatic rings. The van der Waals surface area contributed by atoms with Crippen LogP contribution >= 0.6 is 11.6 Å². The summed E-state index contributed by atoms with van der Waals surface area (Å²) < 4.78 is 36.4. The predicted molar refractivity (Wildman–Crippen MR) is 90.0 cm³/mol. The highest BCUT2D eigenvalue weighted by molar-refractivity contribution is 7.91. The van der Waals surface area contributed by atoms with Gasteiger partial charge in [0.2, 0.25) is 5.95 Å². The summed E-state index contributed by atoms with van der Waals surface area (Å²) in [5, 5.41) is 10.6. The largest absolute Gasteiger partial charge is 0.354 e. The highest BCUT2D eigenvalue weighted by atomic mass is 35.5. The molecule has 1 fully saturated rings. The van der Waals surface area contributed by atoms with Crippen molar-refractivity contribution >= 4 is 38.9 Å². The van der Waals surface area contributed by atoms with E-state index in [4.69, 9.17) is 11.6 Å². The monoisotopic (exact) mass is 371 g/mol. The second-order valence-electron chi connectivity index (χ2n) is 5.56. The van der Waals surface area contributed by atoms with Gasteiger partial charge in [-0.2, -0.15) is 10.1 Å². The molecule has 24 heavy (non-hydrogen) atoms. The van der Waals surface area contributed by atoms with Gasteiger partial charge < -0.3 is 10.2 Å². The van der Waals surface area contributed by atoms with Gasteiger partial charge in [0, 0.05) is 18.8 Å². The van der Waals surface area contributed by atoms with Crippen molar-refractivity contribution in [2.24, 2.45) is 0 Å². The minimum Gasteiger partial charge on any atom is -0.354 e. The fraction of sp³-hybridized carbons (Fsp3) is 0.357. The summed E-state index contributed by atoms with van der Waals surface area (Å²) >= 11 is 5.74. The molecule has 1 atom stereocenters. The van der Waals surface area contributed by atoms with E-state index in [0.29, 0.717) is 17.9 Å². The van der Waals surface area contributed by atoms with Crippen molar-refractivity contribution in [3.8, 4) is 0 Å². The minimum atomic E-state index is -2.99. The number of sulfone groups is 1. The van der Waals surface area contributed by atoms with Gasteiger partial charge in [-0.15, -0.1) is 5.10 Å². The Hall–Kier alpha value is -2.00. The van der Waals surface area contributed by atoms with Gasteiger partial charge in [-0.1, -0.05) is 11.6 Å². The van der Waals surface area contributed by atoms with Crippen LogP contribution in [0.4, 0.5) is 21.8 Å². The third kappa shape index (κ3) is 3.73. The molecular formula is C14H15ClFN5O2S. The van der Waals surface area contributed by atoms with Crippen LogP contribution in [0.1, 0.15) is 6.42 Å². The molecule has 128 valence electrons. The number of aromatic nitrogens is 3. The smallest absolute Gasteiger partial charge is 0.249 e. The molecule has 1 aliphatic heterocycles. The van der Waals surface area contributed by atoms with E-state index < -0.39 is 15.7 Å². The summed E-state index contributed by atoms with van der Waals surface area (Å²) in [4.78, 5) is 6.10. The van der Waals surface area contributed by atoms with Crippen molar-refractivity contribution in [3.63, 3.8) is 0 Å². The lowest BCUT2D eigenvalue weighted by atomic mass is 10.2. The Morgan fingerprint density at radius 3 is 2.88 bits per heavy atom. The molecule has 10 heteroatoms. The van der Waals surface area contributed by atoms with Crippen LogP contribution in [0, 0.1) is 5.82 Å². The average molecular weight is 372 g/mol. The number of nitrogens with one attached hydrogen (secondary N) is 1. The van der Waals surface area contributed by atoms with Gasteiger partial charge in [-0.05, 0) is 24.6 Å². The molecule has 1 aliphatic rings. The van der Waals surface area contributed by atoms with Gasteiger partial charge in [0.05, 0.1) is 22.7 Å². The number of rotatable bonds is 4. The summed E-state index contributed by atoms with van der Waals surface area (Å²) in [6.45, 7) is 0. The molecule has 0 aliphatic carbocycles. The second kappa shape index (κ2) is 6.48. The molecule has 0 bridgehead atoms. The van der Waals surface area contributed by atoms with Crippen molar-refractivity contribution in [2.75, 3.05) is 28.8 Å². The summed E-state index contributed by atoms with van der Waals surface area (Å²) in [5.74, 6) is 0.478. The van der Waals surface area contributed by atoms with Crippen LogP contribution in [0.5, 0.6) is 0 Å². The van der Waals surface area contributed by atoms with Crippen LogP contribution in [-0.4, -0.2) is 48.2 Å². The predicted octanol–water partition coefficient (Wildman–Crippen LogP) is 2.03. The zero-order valence-corrected chi connectivity index (χ0v) is 14.4. The molecule has 1 aromatic carbocycles. The van der Waals surface area contributed by atoms with Crippen molar-refractivity contribution in [1.82, 2.24) is 15.2 Å². The highest BCUT2D eigenvalue weighted by Gasteiger charge is 2.31. The summed E-state index contributed by atoms with van der Waals surface area (Å²) in [6, 6.07) is 4.02. The van der Waals surface area contributed by atoms with Gasteiger partial charge in [0.25, 0.3) is 0 Å². The van der Waals surface area contributed by atoms with Crippen molar-refractivity contribution in [1.29, 1.82) is 0 Å². The lowest BCUT2D eigenvalue weighted by Gasteiger charge is -2.24. The number of hydrogen-bond donors (Lipinski definition) is 1. The molecule has 2 heterocycles. The number of anilines is 3. The average Bonchev–Trinajstić information content (AvgIpc) is 2.90. The van der Waals surface area contributed by atoms with Crippen LogP contribution in [0.25, 0.3) is 0 Å². The third-order valence-corrected chi connectivity index (χ3v) is 5.88. The number of benzene rings is 1. The van der Waals surface area contributed by atoms with E-state index in [1.807, 2.05) is 0 Å². The molecular weight excluding hydrogens is 357 g/mol. The fourth-order valence-corrected chi connectivity index (χ4v) is 4.44. The lowest BCUT2D eigenvalue weighted by Crippen LogP contribution is -2.33. The van der Waals surface area contributed by atoms with Gasteiger partial charge in [0.1, 0.15) is 5.82 Å². The normalized spacial score (nSPS) is 19.2.